The highest BCUT2D eigenvalue weighted by Gasteiger charge is 2.35. The molecule has 28 heavy (non-hydrogen) atoms. The lowest BCUT2D eigenvalue weighted by atomic mass is 9.83. The molecule has 0 saturated carbocycles. The molecule has 0 fully saturated rings. The predicted octanol–water partition coefficient (Wildman–Crippen LogP) is 4.27. The molecule has 2 aromatic rings. The summed E-state index contributed by atoms with van der Waals surface area (Å²) in [5, 5.41) is 14.0. The minimum Gasteiger partial charge on any atom is -0.463 e. The summed E-state index contributed by atoms with van der Waals surface area (Å²) in [6, 6.07) is 16.1. The first-order valence-corrected chi connectivity index (χ1v) is 10.00. The summed E-state index contributed by atoms with van der Waals surface area (Å²) in [5.74, 6) is -0.200. The van der Waals surface area contributed by atoms with Crippen LogP contribution < -0.4 is 5.32 Å². The lowest BCUT2D eigenvalue weighted by Gasteiger charge is -2.29. The van der Waals surface area contributed by atoms with Crippen molar-refractivity contribution in [1.82, 2.24) is 10.3 Å². The van der Waals surface area contributed by atoms with E-state index in [4.69, 9.17) is 4.74 Å². The van der Waals surface area contributed by atoms with Crippen LogP contribution in [-0.4, -0.2) is 17.6 Å². The molecule has 1 N–H and O–H groups in total. The van der Waals surface area contributed by atoms with Gasteiger partial charge in [0.05, 0.1) is 34.8 Å². The van der Waals surface area contributed by atoms with E-state index in [0.29, 0.717) is 16.8 Å². The highest BCUT2D eigenvalue weighted by molar-refractivity contribution is 8.02. The molecule has 1 unspecified atom stereocenters. The Bertz CT molecular complexity index is 947. The number of carbonyl (C=O) groups excluding carboxylic acids is 1. The van der Waals surface area contributed by atoms with E-state index in [0.717, 1.165) is 21.9 Å². The number of aromatic nitrogens is 1. The molecule has 142 valence electrons. The number of hydrogen-bond donors (Lipinski definition) is 1. The number of carbonyl (C=O) groups is 1. The van der Waals surface area contributed by atoms with Crippen LogP contribution in [0.4, 0.5) is 0 Å². The Morgan fingerprint density at radius 3 is 2.71 bits per heavy atom. The fraction of sp³-hybridized carbons (Fsp3) is 0.227. The standard InChI is InChI=1S/C22H21N3O2S/c1-3-27-22(26)19-15(2)25-21(28-14-16-8-5-4-6-9-16)18(12-23)20(19)17-10-7-11-24-13-17/h4-11,13,20,25H,3,14H2,1-2H3. The zero-order valence-electron chi connectivity index (χ0n) is 15.8. The van der Waals surface area contributed by atoms with Gasteiger partial charge in [0.25, 0.3) is 0 Å². The number of thioether (sulfide) groups is 1. The summed E-state index contributed by atoms with van der Waals surface area (Å²) in [6.45, 7) is 3.88. The van der Waals surface area contributed by atoms with Gasteiger partial charge in [0, 0.05) is 23.8 Å². The van der Waals surface area contributed by atoms with E-state index in [9.17, 15) is 10.1 Å². The van der Waals surface area contributed by atoms with Crippen molar-refractivity contribution in [2.24, 2.45) is 0 Å². The number of esters is 1. The molecule has 1 aliphatic rings. The minimum atomic E-state index is -0.503. The van der Waals surface area contributed by atoms with Crippen LogP contribution in [0.5, 0.6) is 0 Å². The smallest absolute Gasteiger partial charge is 0.336 e. The van der Waals surface area contributed by atoms with Gasteiger partial charge in [-0.1, -0.05) is 36.4 Å². The van der Waals surface area contributed by atoms with Crippen molar-refractivity contribution in [3.63, 3.8) is 0 Å². The Balaban J connectivity index is 2.01. The van der Waals surface area contributed by atoms with Crippen molar-refractivity contribution in [2.75, 3.05) is 6.61 Å². The molecule has 1 aromatic carbocycles. The van der Waals surface area contributed by atoms with E-state index in [1.54, 1.807) is 37.1 Å². The number of dihydropyridines is 1. The molecule has 1 aromatic heterocycles. The maximum Gasteiger partial charge on any atom is 0.336 e. The number of hydrogen-bond acceptors (Lipinski definition) is 6. The molecule has 0 spiro atoms. The van der Waals surface area contributed by atoms with Crippen LogP contribution in [0.3, 0.4) is 0 Å². The lowest BCUT2D eigenvalue weighted by Crippen LogP contribution is -2.28. The first-order chi connectivity index (χ1) is 13.7. The number of pyridine rings is 1. The van der Waals surface area contributed by atoms with Crippen molar-refractivity contribution in [2.45, 2.75) is 25.5 Å². The zero-order chi connectivity index (χ0) is 19.9. The molecule has 0 aliphatic carbocycles. The maximum absolute atomic E-state index is 12.7. The quantitative estimate of drug-likeness (QED) is 0.741. The van der Waals surface area contributed by atoms with Crippen LogP contribution in [-0.2, 0) is 15.3 Å². The zero-order valence-corrected chi connectivity index (χ0v) is 16.6. The van der Waals surface area contributed by atoms with E-state index in [1.165, 1.54) is 0 Å². The summed E-state index contributed by atoms with van der Waals surface area (Å²) in [5.41, 5.74) is 3.61. The third kappa shape index (κ3) is 4.26. The number of nitrogens with zero attached hydrogens (tertiary/aromatic N) is 2. The number of nitriles is 1. The van der Waals surface area contributed by atoms with Crippen LogP contribution in [0.1, 0.15) is 30.9 Å². The molecule has 0 saturated heterocycles. The van der Waals surface area contributed by atoms with E-state index in [-0.39, 0.29) is 6.61 Å². The van der Waals surface area contributed by atoms with E-state index in [1.807, 2.05) is 43.3 Å². The molecule has 0 amide bonds. The number of ether oxygens (including phenoxy) is 1. The summed E-state index contributed by atoms with van der Waals surface area (Å²) in [6.07, 6.45) is 3.37. The lowest BCUT2D eigenvalue weighted by molar-refractivity contribution is -0.138. The van der Waals surface area contributed by atoms with E-state index < -0.39 is 11.9 Å². The second-order valence-corrected chi connectivity index (χ2v) is 7.22. The van der Waals surface area contributed by atoms with E-state index in [2.05, 4.69) is 16.4 Å². The number of nitrogens with one attached hydrogen (secondary N) is 1. The number of allylic oxidation sites excluding steroid dienone is 2. The second-order valence-electron chi connectivity index (χ2n) is 6.23. The van der Waals surface area contributed by atoms with Gasteiger partial charge in [-0.05, 0) is 31.0 Å². The fourth-order valence-electron chi connectivity index (χ4n) is 3.12. The molecule has 1 aliphatic heterocycles. The molecule has 0 bridgehead atoms. The van der Waals surface area contributed by atoms with Gasteiger partial charge in [0.1, 0.15) is 0 Å². The van der Waals surface area contributed by atoms with Crippen LogP contribution >= 0.6 is 11.8 Å². The third-order valence-corrected chi connectivity index (χ3v) is 5.47. The fourth-order valence-corrected chi connectivity index (χ4v) is 4.16. The van der Waals surface area contributed by atoms with Crippen LogP contribution in [0, 0.1) is 11.3 Å². The maximum atomic E-state index is 12.7. The van der Waals surface area contributed by atoms with Crippen LogP contribution in [0.25, 0.3) is 0 Å². The normalized spacial score (nSPS) is 16.4. The van der Waals surface area contributed by atoms with Gasteiger partial charge in [-0.2, -0.15) is 5.26 Å². The van der Waals surface area contributed by atoms with Gasteiger partial charge in [-0.15, -0.1) is 11.8 Å². The summed E-state index contributed by atoms with van der Waals surface area (Å²) < 4.78 is 5.26. The second kappa shape index (κ2) is 9.25. The Morgan fingerprint density at radius 1 is 1.29 bits per heavy atom. The third-order valence-electron chi connectivity index (χ3n) is 4.39. The Morgan fingerprint density at radius 2 is 2.07 bits per heavy atom. The first-order valence-electron chi connectivity index (χ1n) is 9.01. The van der Waals surface area contributed by atoms with Crippen molar-refractivity contribution < 1.29 is 9.53 Å². The SMILES string of the molecule is CCOC(=O)C1=C(C)NC(SCc2ccccc2)=C(C#N)C1c1cccnc1. The van der Waals surface area contributed by atoms with Crippen LogP contribution in [0.15, 0.2) is 76.7 Å². The summed E-state index contributed by atoms with van der Waals surface area (Å²) in [7, 11) is 0. The van der Waals surface area contributed by atoms with Gasteiger partial charge >= 0.3 is 5.97 Å². The monoisotopic (exact) mass is 391 g/mol. The van der Waals surface area contributed by atoms with Gasteiger partial charge in [0.2, 0.25) is 0 Å². The van der Waals surface area contributed by atoms with E-state index >= 15 is 0 Å². The van der Waals surface area contributed by atoms with Gasteiger partial charge in [-0.3, -0.25) is 4.98 Å². The highest BCUT2D eigenvalue weighted by atomic mass is 32.2. The molecule has 5 nitrogen and oxygen atoms in total. The molecule has 3 rings (SSSR count). The Labute approximate surface area is 169 Å². The minimum absolute atomic E-state index is 0.274. The van der Waals surface area contributed by atoms with Crippen molar-refractivity contribution in [3.8, 4) is 6.07 Å². The average molecular weight is 391 g/mol. The van der Waals surface area contributed by atoms with Gasteiger partial charge in [0.15, 0.2) is 0 Å². The first kappa shape index (κ1) is 19.7. The molecule has 0 radical (unpaired) electrons. The average Bonchev–Trinajstić information content (AvgIpc) is 2.73. The Kier molecular flexibility index (Phi) is 6.51. The van der Waals surface area contributed by atoms with Crippen molar-refractivity contribution in [1.29, 1.82) is 5.26 Å². The van der Waals surface area contributed by atoms with Crippen molar-refractivity contribution in [3.05, 3.63) is 87.9 Å². The molecule has 2 heterocycles. The van der Waals surface area contributed by atoms with Gasteiger partial charge in [-0.25, -0.2) is 4.79 Å². The molecular formula is C22H21N3O2S. The van der Waals surface area contributed by atoms with Crippen molar-refractivity contribution >= 4 is 17.7 Å². The predicted molar refractivity (Wildman–Crippen MR) is 110 cm³/mol. The van der Waals surface area contributed by atoms with Crippen LogP contribution in [0.2, 0.25) is 0 Å². The summed E-state index contributed by atoms with van der Waals surface area (Å²) in [4.78, 5) is 16.8. The molecule has 6 heteroatoms. The Hall–Kier alpha value is -3.04. The highest BCUT2D eigenvalue weighted by Crippen LogP contribution is 2.41. The molecular weight excluding hydrogens is 370 g/mol. The van der Waals surface area contributed by atoms with Gasteiger partial charge < -0.3 is 10.1 Å². The number of benzene rings is 1. The molecule has 1 atom stereocenters. The number of rotatable bonds is 6. The topological polar surface area (TPSA) is 75.0 Å². The summed E-state index contributed by atoms with van der Waals surface area (Å²) >= 11 is 1.55. The largest absolute Gasteiger partial charge is 0.463 e.